The summed E-state index contributed by atoms with van der Waals surface area (Å²) in [6, 6.07) is 16.0. The van der Waals surface area contributed by atoms with E-state index in [1.807, 2.05) is 49.4 Å². The van der Waals surface area contributed by atoms with Crippen LogP contribution in [-0.4, -0.2) is 44.6 Å². The summed E-state index contributed by atoms with van der Waals surface area (Å²) in [5.41, 5.74) is 1.98. The Bertz CT molecular complexity index is 1020. The van der Waals surface area contributed by atoms with E-state index >= 15 is 0 Å². The Labute approximate surface area is 173 Å². The number of carbonyl (C=O) groups is 1. The minimum atomic E-state index is -2.99. The number of rotatable bonds is 6. The number of nitrogens with zero attached hydrogens (tertiary/aromatic N) is 4. The van der Waals surface area contributed by atoms with Crippen molar-refractivity contribution in [2.24, 2.45) is 0 Å². The molecule has 30 heavy (non-hydrogen) atoms. The molecule has 1 unspecified atom stereocenters. The summed E-state index contributed by atoms with van der Waals surface area (Å²) in [4.78, 5) is 13.9. The monoisotopic (exact) mass is 412 g/mol. The van der Waals surface area contributed by atoms with E-state index in [1.165, 1.54) is 6.33 Å². The van der Waals surface area contributed by atoms with Gasteiger partial charge in [0.15, 0.2) is 12.4 Å². The summed E-state index contributed by atoms with van der Waals surface area (Å²) in [5, 5.41) is 7.97. The number of benzene rings is 2. The molecule has 0 bridgehead atoms. The fraction of sp³-hybridized carbons (Fsp3) is 0.318. The van der Waals surface area contributed by atoms with Crippen LogP contribution in [0.5, 0.6) is 5.75 Å². The molecule has 6 nitrogen and oxygen atoms in total. The zero-order valence-corrected chi connectivity index (χ0v) is 16.5. The van der Waals surface area contributed by atoms with Gasteiger partial charge in [0.2, 0.25) is 0 Å². The molecule has 1 aromatic heterocycles. The highest BCUT2D eigenvalue weighted by molar-refractivity contribution is 5.78. The molecule has 156 valence electrons. The predicted molar refractivity (Wildman–Crippen MR) is 106 cm³/mol. The van der Waals surface area contributed by atoms with E-state index in [2.05, 4.69) is 10.2 Å². The Morgan fingerprint density at radius 3 is 2.77 bits per heavy atom. The van der Waals surface area contributed by atoms with Crippen LogP contribution >= 0.6 is 0 Å². The predicted octanol–water partition coefficient (Wildman–Crippen LogP) is 3.62. The van der Waals surface area contributed by atoms with Crippen LogP contribution in [0, 0.1) is 6.92 Å². The number of aromatic nitrogens is 3. The third-order valence-electron chi connectivity index (χ3n) is 5.08. The van der Waals surface area contributed by atoms with E-state index < -0.39 is 30.8 Å². The quantitative estimate of drug-likeness (QED) is 0.621. The van der Waals surface area contributed by atoms with E-state index in [-0.39, 0.29) is 6.61 Å². The SMILES string of the molecule is Cc1cccc(OCC(=O)N2CC(F)(F)CC2c2nncn2Cc2ccccc2)c1. The standard InChI is InChI=1S/C22H22F2N4O2/c1-16-6-5-9-18(10-16)30-13-20(29)28-14-22(23,24)11-19(28)21-26-25-15-27(21)12-17-7-3-2-4-8-17/h2-10,15,19H,11-14H2,1H3. The number of hydrogen-bond acceptors (Lipinski definition) is 4. The highest BCUT2D eigenvalue weighted by atomic mass is 19.3. The van der Waals surface area contributed by atoms with E-state index in [1.54, 1.807) is 16.7 Å². The molecule has 0 spiro atoms. The maximum Gasteiger partial charge on any atom is 0.267 e. The molecule has 1 saturated heterocycles. The van der Waals surface area contributed by atoms with Gasteiger partial charge in [0.05, 0.1) is 19.1 Å². The number of likely N-dealkylation sites (tertiary alicyclic amines) is 1. The van der Waals surface area contributed by atoms with Crippen LogP contribution in [0.25, 0.3) is 0 Å². The zero-order chi connectivity index (χ0) is 21.1. The average molecular weight is 412 g/mol. The Balaban J connectivity index is 1.52. The van der Waals surface area contributed by atoms with Crippen LogP contribution in [0.4, 0.5) is 8.78 Å². The molecule has 2 heterocycles. The van der Waals surface area contributed by atoms with E-state index in [9.17, 15) is 13.6 Å². The fourth-order valence-corrected chi connectivity index (χ4v) is 3.67. The largest absolute Gasteiger partial charge is 0.484 e. The molecule has 0 N–H and O–H groups in total. The molecular formula is C22H22F2N4O2. The van der Waals surface area contributed by atoms with Crippen LogP contribution in [0.3, 0.4) is 0 Å². The van der Waals surface area contributed by atoms with Crippen LogP contribution in [0.15, 0.2) is 60.9 Å². The lowest BCUT2D eigenvalue weighted by molar-refractivity contribution is -0.135. The number of hydrogen-bond donors (Lipinski definition) is 0. The third-order valence-corrected chi connectivity index (χ3v) is 5.08. The van der Waals surface area contributed by atoms with Gasteiger partial charge in [-0.3, -0.25) is 4.79 Å². The lowest BCUT2D eigenvalue weighted by Gasteiger charge is -2.24. The Morgan fingerprint density at radius 2 is 2.00 bits per heavy atom. The van der Waals surface area contributed by atoms with Gasteiger partial charge < -0.3 is 14.2 Å². The van der Waals surface area contributed by atoms with Crippen molar-refractivity contribution in [2.45, 2.75) is 31.9 Å². The number of carbonyl (C=O) groups excluding carboxylic acids is 1. The molecule has 2 aromatic carbocycles. The minimum absolute atomic E-state index is 0.317. The van der Waals surface area contributed by atoms with Crippen molar-refractivity contribution >= 4 is 5.91 Å². The molecule has 1 amide bonds. The number of halogens is 2. The first kappa shape index (κ1) is 20.0. The van der Waals surface area contributed by atoms with Gasteiger partial charge >= 0.3 is 0 Å². The summed E-state index contributed by atoms with van der Waals surface area (Å²) in [5.74, 6) is -2.63. The van der Waals surface area contributed by atoms with Gasteiger partial charge in [0.25, 0.3) is 11.8 Å². The molecule has 1 aliphatic heterocycles. The van der Waals surface area contributed by atoms with Crippen LogP contribution in [0.1, 0.15) is 29.4 Å². The second-order valence-electron chi connectivity index (χ2n) is 7.51. The van der Waals surface area contributed by atoms with E-state index in [4.69, 9.17) is 4.74 Å². The fourth-order valence-electron chi connectivity index (χ4n) is 3.67. The topological polar surface area (TPSA) is 60.2 Å². The average Bonchev–Trinajstić information content (AvgIpc) is 3.30. The lowest BCUT2D eigenvalue weighted by Crippen LogP contribution is -2.37. The summed E-state index contributed by atoms with van der Waals surface area (Å²) < 4.78 is 35.8. The second kappa shape index (κ2) is 8.22. The van der Waals surface area contributed by atoms with Crippen molar-refractivity contribution in [3.05, 3.63) is 77.9 Å². The smallest absolute Gasteiger partial charge is 0.267 e. The van der Waals surface area contributed by atoms with Gasteiger partial charge in [-0.2, -0.15) is 0 Å². The van der Waals surface area contributed by atoms with Gasteiger partial charge in [-0.1, -0.05) is 42.5 Å². The third kappa shape index (κ3) is 4.48. The maximum absolute atomic E-state index is 14.3. The zero-order valence-electron chi connectivity index (χ0n) is 16.5. The van der Waals surface area contributed by atoms with Crippen molar-refractivity contribution in [1.29, 1.82) is 0 Å². The van der Waals surface area contributed by atoms with E-state index in [0.29, 0.717) is 18.1 Å². The normalized spacial score (nSPS) is 17.8. The second-order valence-corrected chi connectivity index (χ2v) is 7.51. The van der Waals surface area contributed by atoms with Crippen molar-refractivity contribution in [3.63, 3.8) is 0 Å². The molecule has 1 aliphatic rings. The van der Waals surface area contributed by atoms with Gasteiger partial charge in [0.1, 0.15) is 12.1 Å². The summed E-state index contributed by atoms with van der Waals surface area (Å²) >= 11 is 0. The molecule has 8 heteroatoms. The Morgan fingerprint density at radius 1 is 1.20 bits per heavy atom. The molecule has 4 rings (SSSR count). The molecule has 0 saturated carbocycles. The first-order valence-electron chi connectivity index (χ1n) is 9.70. The lowest BCUT2D eigenvalue weighted by atomic mass is 10.1. The molecule has 1 fully saturated rings. The Kier molecular flexibility index (Phi) is 5.48. The molecule has 3 aromatic rings. The number of aryl methyl sites for hydroxylation is 1. The molecule has 0 aliphatic carbocycles. The Hall–Kier alpha value is -3.29. The van der Waals surface area contributed by atoms with Crippen molar-refractivity contribution in [3.8, 4) is 5.75 Å². The minimum Gasteiger partial charge on any atom is -0.484 e. The van der Waals surface area contributed by atoms with Crippen molar-refractivity contribution < 1.29 is 18.3 Å². The van der Waals surface area contributed by atoms with Gasteiger partial charge in [-0.25, -0.2) is 8.78 Å². The van der Waals surface area contributed by atoms with Gasteiger partial charge in [-0.05, 0) is 30.2 Å². The van der Waals surface area contributed by atoms with E-state index in [0.717, 1.165) is 16.0 Å². The van der Waals surface area contributed by atoms with Crippen LogP contribution in [-0.2, 0) is 11.3 Å². The highest BCUT2D eigenvalue weighted by Crippen LogP contribution is 2.40. The summed E-state index contributed by atoms with van der Waals surface area (Å²) in [6.07, 6.45) is 1.02. The highest BCUT2D eigenvalue weighted by Gasteiger charge is 2.49. The van der Waals surface area contributed by atoms with Gasteiger partial charge in [0, 0.05) is 6.42 Å². The maximum atomic E-state index is 14.3. The number of amides is 1. The first-order chi connectivity index (χ1) is 14.4. The number of alkyl halides is 2. The van der Waals surface area contributed by atoms with Crippen LogP contribution in [0.2, 0.25) is 0 Å². The molecular weight excluding hydrogens is 390 g/mol. The van der Waals surface area contributed by atoms with Crippen molar-refractivity contribution in [2.75, 3.05) is 13.2 Å². The molecule has 1 atom stereocenters. The van der Waals surface area contributed by atoms with Crippen LogP contribution < -0.4 is 4.74 Å². The van der Waals surface area contributed by atoms with Crippen molar-refractivity contribution in [1.82, 2.24) is 19.7 Å². The van der Waals surface area contributed by atoms with Gasteiger partial charge in [-0.15, -0.1) is 10.2 Å². The summed E-state index contributed by atoms with van der Waals surface area (Å²) in [6.45, 7) is 1.37. The first-order valence-corrected chi connectivity index (χ1v) is 9.70. The number of ether oxygens (including phenoxy) is 1. The summed E-state index contributed by atoms with van der Waals surface area (Å²) in [7, 11) is 0. The molecule has 0 radical (unpaired) electrons.